The van der Waals surface area contributed by atoms with Crippen LogP contribution in [0.4, 0.5) is 0 Å². The van der Waals surface area contributed by atoms with Crippen molar-refractivity contribution in [1.82, 2.24) is 15.1 Å². The van der Waals surface area contributed by atoms with Crippen molar-refractivity contribution in [3.8, 4) is 0 Å². The molecule has 4 heteroatoms. The maximum atomic E-state index is 4.60. The summed E-state index contributed by atoms with van der Waals surface area (Å²) in [6.45, 7) is 10.4. The molecule has 19 heavy (non-hydrogen) atoms. The van der Waals surface area contributed by atoms with Crippen LogP contribution in [0, 0.1) is 6.92 Å². The van der Waals surface area contributed by atoms with Gasteiger partial charge in [-0.1, -0.05) is 20.8 Å². The molecule has 2 rings (SSSR count). The molecule has 0 bridgehead atoms. The molecule has 0 atom stereocenters. The van der Waals surface area contributed by atoms with Crippen LogP contribution in [-0.2, 0) is 19.5 Å². The molecule has 0 amide bonds. The predicted octanol–water partition coefficient (Wildman–Crippen LogP) is 3.36. The van der Waals surface area contributed by atoms with Gasteiger partial charge < -0.3 is 5.32 Å². The van der Waals surface area contributed by atoms with Crippen molar-refractivity contribution in [1.29, 1.82) is 0 Å². The largest absolute Gasteiger partial charge is 0.310 e. The first-order valence-electron chi connectivity index (χ1n) is 6.92. The second kappa shape index (κ2) is 6.35. The molecule has 2 heterocycles. The minimum Gasteiger partial charge on any atom is -0.310 e. The van der Waals surface area contributed by atoms with Gasteiger partial charge in [0.1, 0.15) is 0 Å². The van der Waals surface area contributed by atoms with Gasteiger partial charge in [-0.05, 0) is 25.5 Å². The molecule has 0 aromatic carbocycles. The fraction of sp³-hybridized carbons (Fsp3) is 0.533. The van der Waals surface area contributed by atoms with E-state index >= 15 is 0 Å². The fourth-order valence-electron chi connectivity index (χ4n) is 1.98. The van der Waals surface area contributed by atoms with E-state index in [-0.39, 0.29) is 0 Å². The topological polar surface area (TPSA) is 29.9 Å². The standard InChI is InChI=1S/C15H23N3S/c1-5-14-6-7-15(19-14)10-18-9-13(12(4)17-18)8-16-11(2)3/h6-7,9,11,16H,5,8,10H2,1-4H3. The number of nitrogens with zero attached hydrogens (tertiary/aromatic N) is 2. The average molecular weight is 277 g/mol. The second-order valence-corrected chi connectivity index (χ2v) is 6.45. The van der Waals surface area contributed by atoms with Gasteiger partial charge in [0.2, 0.25) is 0 Å². The maximum Gasteiger partial charge on any atom is 0.0752 e. The molecule has 0 saturated carbocycles. The fourth-order valence-corrected chi connectivity index (χ4v) is 2.93. The number of hydrogen-bond donors (Lipinski definition) is 1. The van der Waals surface area contributed by atoms with Gasteiger partial charge in [0.05, 0.1) is 12.2 Å². The van der Waals surface area contributed by atoms with Crippen molar-refractivity contribution < 1.29 is 0 Å². The second-order valence-electron chi connectivity index (χ2n) is 5.19. The molecule has 2 aromatic heterocycles. The third-order valence-electron chi connectivity index (χ3n) is 3.13. The lowest BCUT2D eigenvalue weighted by atomic mass is 10.2. The highest BCUT2D eigenvalue weighted by atomic mass is 32.1. The Morgan fingerprint density at radius 1 is 1.32 bits per heavy atom. The van der Waals surface area contributed by atoms with Crippen LogP contribution in [0.15, 0.2) is 18.3 Å². The van der Waals surface area contributed by atoms with E-state index in [9.17, 15) is 0 Å². The zero-order valence-electron chi connectivity index (χ0n) is 12.2. The highest BCUT2D eigenvalue weighted by molar-refractivity contribution is 7.11. The summed E-state index contributed by atoms with van der Waals surface area (Å²) in [5.41, 5.74) is 2.42. The first kappa shape index (κ1) is 14.3. The lowest BCUT2D eigenvalue weighted by Gasteiger charge is -2.06. The Bertz CT molecular complexity index is 525. The molecular formula is C15H23N3S. The van der Waals surface area contributed by atoms with E-state index in [1.807, 2.05) is 11.3 Å². The zero-order chi connectivity index (χ0) is 13.8. The molecule has 0 aliphatic carbocycles. The summed E-state index contributed by atoms with van der Waals surface area (Å²) in [5.74, 6) is 0. The van der Waals surface area contributed by atoms with Crippen LogP contribution in [0.25, 0.3) is 0 Å². The van der Waals surface area contributed by atoms with Crippen molar-refractivity contribution in [3.63, 3.8) is 0 Å². The Hall–Kier alpha value is -1.13. The summed E-state index contributed by atoms with van der Waals surface area (Å²) in [6, 6.07) is 4.94. The molecule has 0 fully saturated rings. The lowest BCUT2D eigenvalue weighted by molar-refractivity contribution is 0.587. The minimum absolute atomic E-state index is 0.507. The van der Waals surface area contributed by atoms with Crippen LogP contribution in [0.3, 0.4) is 0 Å². The summed E-state index contributed by atoms with van der Waals surface area (Å²) in [5, 5.41) is 8.04. The summed E-state index contributed by atoms with van der Waals surface area (Å²) in [6.07, 6.45) is 3.28. The van der Waals surface area contributed by atoms with Crippen LogP contribution < -0.4 is 5.32 Å². The number of aryl methyl sites for hydroxylation is 2. The van der Waals surface area contributed by atoms with Crippen molar-refractivity contribution in [2.24, 2.45) is 0 Å². The quantitative estimate of drug-likeness (QED) is 0.877. The molecule has 1 N–H and O–H groups in total. The van der Waals surface area contributed by atoms with Gasteiger partial charge in [0, 0.05) is 34.1 Å². The summed E-state index contributed by atoms with van der Waals surface area (Å²) < 4.78 is 2.05. The number of rotatable bonds is 6. The molecule has 0 radical (unpaired) electrons. The Kier molecular flexibility index (Phi) is 4.77. The third kappa shape index (κ3) is 3.91. The van der Waals surface area contributed by atoms with Crippen LogP contribution in [-0.4, -0.2) is 15.8 Å². The minimum atomic E-state index is 0.507. The van der Waals surface area contributed by atoms with Crippen LogP contribution in [0.2, 0.25) is 0 Å². The third-order valence-corrected chi connectivity index (χ3v) is 4.35. The van der Waals surface area contributed by atoms with E-state index in [1.165, 1.54) is 15.3 Å². The van der Waals surface area contributed by atoms with E-state index in [2.05, 4.69) is 61.1 Å². The molecular weight excluding hydrogens is 254 g/mol. The summed E-state index contributed by atoms with van der Waals surface area (Å²) in [7, 11) is 0. The molecule has 2 aromatic rings. The van der Waals surface area contributed by atoms with E-state index < -0.39 is 0 Å². The molecule has 104 valence electrons. The van der Waals surface area contributed by atoms with Crippen LogP contribution >= 0.6 is 11.3 Å². The van der Waals surface area contributed by atoms with Crippen molar-refractivity contribution in [2.75, 3.05) is 0 Å². The lowest BCUT2D eigenvalue weighted by Crippen LogP contribution is -2.21. The van der Waals surface area contributed by atoms with E-state index in [0.717, 1.165) is 25.2 Å². The van der Waals surface area contributed by atoms with E-state index in [4.69, 9.17) is 0 Å². The highest BCUT2D eigenvalue weighted by Gasteiger charge is 2.07. The number of aromatic nitrogens is 2. The molecule has 0 unspecified atom stereocenters. The molecule has 0 spiro atoms. The van der Waals surface area contributed by atoms with Gasteiger partial charge in [-0.3, -0.25) is 4.68 Å². The molecule has 3 nitrogen and oxygen atoms in total. The summed E-state index contributed by atoms with van der Waals surface area (Å²) in [4.78, 5) is 2.82. The Balaban J connectivity index is 2.03. The molecule has 0 aliphatic rings. The van der Waals surface area contributed by atoms with Crippen molar-refractivity contribution in [3.05, 3.63) is 39.3 Å². The van der Waals surface area contributed by atoms with Gasteiger partial charge in [-0.25, -0.2) is 0 Å². The van der Waals surface area contributed by atoms with Crippen LogP contribution in [0.1, 0.15) is 41.8 Å². The zero-order valence-corrected chi connectivity index (χ0v) is 13.0. The normalized spacial score (nSPS) is 11.4. The average Bonchev–Trinajstić information content (AvgIpc) is 2.94. The highest BCUT2D eigenvalue weighted by Crippen LogP contribution is 2.18. The molecule has 0 aliphatic heterocycles. The van der Waals surface area contributed by atoms with E-state index in [1.54, 1.807) is 0 Å². The first-order chi connectivity index (χ1) is 9.08. The van der Waals surface area contributed by atoms with Crippen molar-refractivity contribution >= 4 is 11.3 Å². The number of hydrogen-bond acceptors (Lipinski definition) is 3. The van der Waals surface area contributed by atoms with Gasteiger partial charge in [0.25, 0.3) is 0 Å². The van der Waals surface area contributed by atoms with Gasteiger partial charge >= 0.3 is 0 Å². The van der Waals surface area contributed by atoms with Crippen molar-refractivity contribution in [2.45, 2.75) is 53.2 Å². The Labute approximate surface area is 119 Å². The smallest absolute Gasteiger partial charge is 0.0752 e. The SMILES string of the molecule is CCc1ccc(Cn2cc(CNC(C)C)c(C)n2)s1. The molecule has 0 saturated heterocycles. The maximum absolute atomic E-state index is 4.60. The Morgan fingerprint density at radius 2 is 2.05 bits per heavy atom. The summed E-state index contributed by atoms with van der Waals surface area (Å²) >= 11 is 1.88. The van der Waals surface area contributed by atoms with Gasteiger partial charge in [0.15, 0.2) is 0 Å². The number of thiophene rings is 1. The number of nitrogens with one attached hydrogen (secondary N) is 1. The van der Waals surface area contributed by atoms with E-state index in [0.29, 0.717) is 6.04 Å². The Morgan fingerprint density at radius 3 is 2.68 bits per heavy atom. The van der Waals surface area contributed by atoms with Crippen LogP contribution in [0.5, 0.6) is 0 Å². The van der Waals surface area contributed by atoms with Gasteiger partial charge in [-0.15, -0.1) is 11.3 Å². The predicted molar refractivity (Wildman–Crippen MR) is 81.7 cm³/mol. The first-order valence-corrected chi connectivity index (χ1v) is 7.74. The monoisotopic (exact) mass is 277 g/mol. The van der Waals surface area contributed by atoms with Gasteiger partial charge in [-0.2, -0.15) is 5.10 Å².